The summed E-state index contributed by atoms with van der Waals surface area (Å²) in [5.41, 5.74) is 5.68. The van der Waals surface area contributed by atoms with Crippen LogP contribution in [0.2, 0.25) is 5.02 Å². The lowest BCUT2D eigenvalue weighted by atomic mass is 9.86. The minimum atomic E-state index is -0.447. The van der Waals surface area contributed by atoms with E-state index in [1.807, 2.05) is 0 Å². The van der Waals surface area contributed by atoms with Crippen molar-refractivity contribution in [3.8, 4) is 5.75 Å². The predicted octanol–water partition coefficient (Wildman–Crippen LogP) is 2.97. The minimum absolute atomic E-state index is 0.118. The van der Waals surface area contributed by atoms with Crippen LogP contribution in [-0.2, 0) is 0 Å². The van der Waals surface area contributed by atoms with Crippen LogP contribution >= 0.6 is 11.6 Å². The molecule has 0 radical (unpaired) electrons. The van der Waals surface area contributed by atoms with E-state index in [-0.39, 0.29) is 5.02 Å². The average molecular weight is 301 g/mol. The number of halogens is 2. The Hall–Kier alpha value is -0.840. The van der Waals surface area contributed by atoms with Gasteiger partial charge in [-0.25, -0.2) is 4.39 Å². The van der Waals surface area contributed by atoms with E-state index >= 15 is 0 Å². The van der Waals surface area contributed by atoms with Crippen molar-refractivity contribution in [2.75, 3.05) is 19.7 Å². The highest BCUT2D eigenvalue weighted by molar-refractivity contribution is 6.30. The molecule has 0 heterocycles. The van der Waals surface area contributed by atoms with Crippen LogP contribution in [0.25, 0.3) is 0 Å². The first-order valence-corrected chi connectivity index (χ1v) is 7.58. The Morgan fingerprint density at radius 1 is 1.30 bits per heavy atom. The number of rotatable bonds is 6. The number of nitrogens with one attached hydrogen (secondary N) is 1. The third kappa shape index (κ3) is 4.62. The van der Waals surface area contributed by atoms with Gasteiger partial charge in [-0.15, -0.1) is 0 Å². The van der Waals surface area contributed by atoms with E-state index in [4.69, 9.17) is 22.1 Å². The molecular weight excluding hydrogens is 279 g/mol. The second-order valence-corrected chi connectivity index (χ2v) is 5.74. The molecule has 20 heavy (non-hydrogen) atoms. The molecule has 1 aliphatic rings. The van der Waals surface area contributed by atoms with Gasteiger partial charge >= 0.3 is 0 Å². The lowest BCUT2D eigenvalue weighted by Crippen LogP contribution is -2.36. The summed E-state index contributed by atoms with van der Waals surface area (Å²) in [4.78, 5) is 0. The fourth-order valence-electron chi connectivity index (χ4n) is 2.60. The summed E-state index contributed by atoms with van der Waals surface area (Å²) in [6.07, 6.45) is 4.77. The molecule has 0 amide bonds. The number of ether oxygens (including phenoxy) is 1. The summed E-state index contributed by atoms with van der Waals surface area (Å²) >= 11 is 5.62. The van der Waals surface area contributed by atoms with Gasteiger partial charge in [-0.05, 0) is 50.3 Å². The largest absolute Gasteiger partial charge is 0.492 e. The van der Waals surface area contributed by atoms with Crippen molar-refractivity contribution in [2.45, 2.75) is 31.7 Å². The summed E-state index contributed by atoms with van der Waals surface area (Å²) in [6, 6.07) is 5.06. The van der Waals surface area contributed by atoms with Crippen molar-refractivity contribution in [1.82, 2.24) is 5.32 Å². The van der Waals surface area contributed by atoms with Gasteiger partial charge in [0.25, 0.3) is 0 Å². The highest BCUT2D eigenvalue weighted by Crippen LogP contribution is 2.23. The lowest BCUT2D eigenvalue weighted by molar-refractivity contribution is 0.265. The molecule has 0 bridgehead atoms. The third-order valence-electron chi connectivity index (χ3n) is 3.87. The Morgan fingerprint density at radius 3 is 2.70 bits per heavy atom. The molecule has 112 valence electrons. The van der Waals surface area contributed by atoms with Crippen LogP contribution in [-0.4, -0.2) is 25.7 Å². The highest BCUT2D eigenvalue weighted by Gasteiger charge is 2.19. The molecule has 0 saturated heterocycles. The number of hydrogen-bond acceptors (Lipinski definition) is 3. The van der Waals surface area contributed by atoms with Gasteiger partial charge in [-0.1, -0.05) is 11.6 Å². The van der Waals surface area contributed by atoms with E-state index in [0.717, 1.165) is 13.1 Å². The van der Waals surface area contributed by atoms with Gasteiger partial charge in [0.1, 0.15) is 18.2 Å². The molecule has 1 aliphatic carbocycles. The Morgan fingerprint density at radius 2 is 2.05 bits per heavy atom. The highest BCUT2D eigenvalue weighted by atomic mass is 35.5. The quantitative estimate of drug-likeness (QED) is 0.794. The van der Waals surface area contributed by atoms with Crippen molar-refractivity contribution in [3.05, 3.63) is 29.0 Å². The first-order valence-electron chi connectivity index (χ1n) is 7.20. The molecular formula is C15H22ClFN2O. The molecule has 2 rings (SSSR count). The summed E-state index contributed by atoms with van der Waals surface area (Å²) < 4.78 is 18.7. The average Bonchev–Trinajstić information content (AvgIpc) is 2.48. The molecule has 0 aliphatic heterocycles. The first kappa shape index (κ1) is 15.5. The van der Waals surface area contributed by atoms with Gasteiger partial charge in [0.15, 0.2) is 0 Å². The molecule has 5 heteroatoms. The van der Waals surface area contributed by atoms with E-state index in [9.17, 15) is 4.39 Å². The van der Waals surface area contributed by atoms with Crippen LogP contribution in [0, 0.1) is 11.7 Å². The molecule has 0 spiro atoms. The van der Waals surface area contributed by atoms with Crippen molar-refractivity contribution in [1.29, 1.82) is 0 Å². The molecule has 1 aromatic carbocycles. The second kappa shape index (κ2) is 7.81. The number of hydrogen-bond donors (Lipinski definition) is 2. The third-order valence-corrected chi connectivity index (χ3v) is 4.18. The molecule has 3 N–H and O–H groups in total. The fraction of sp³-hybridized carbons (Fsp3) is 0.600. The van der Waals surface area contributed by atoms with E-state index < -0.39 is 5.82 Å². The van der Waals surface area contributed by atoms with Crippen molar-refractivity contribution in [3.63, 3.8) is 0 Å². The van der Waals surface area contributed by atoms with Crippen LogP contribution < -0.4 is 15.8 Å². The number of nitrogens with two attached hydrogens (primary N) is 1. The zero-order valence-electron chi connectivity index (χ0n) is 11.6. The van der Waals surface area contributed by atoms with Gasteiger partial charge in [0.05, 0.1) is 5.02 Å². The normalized spacial score (nSPS) is 22.8. The van der Waals surface area contributed by atoms with Gasteiger partial charge in [-0.2, -0.15) is 0 Å². The Balaban J connectivity index is 1.63. The maximum Gasteiger partial charge on any atom is 0.145 e. The van der Waals surface area contributed by atoms with Gasteiger partial charge < -0.3 is 15.8 Å². The summed E-state index contributed by atoms with van der Waals surface area (Å²) in [5.74, 6) is 0.763. The van der Waals surface area contributed by atoms with Gasteiger partial charge in [0.2, 0.25) is 0 Å². The van der Waals surface area contributed by atoms with Crippen LogP contribution in [0.5, 0.6) is 5.75 Å². The maximum absolute atomic E-state index is 13.2. The van der Waals surface area contributed by atoms with Crippen molar-refractivity contribution in [2.24, 2.45) is 11.7 Å². The van der Waals surface area contributed by atoms with Crippen molar-refractivity contribution < 1.29 is 9.13 Å². The summed E-state index contributed by atoms with van der Waals surface area (Å²) in [6.45, 7) is 2.10. The van der Waals surface area contributed by atoms with E-state index in [1.165, 1.54) is 37.8 Å². The molecule has 1 fully saturated rings. The molecule has 0 aromatic heterocycles. The van der Waals surface area contributed by atoms with E-state index in [1.54, 1.807) is 6.07 Å². The predicted molar refractivity (Wildman–Crippen MR) is 79.7 cm³/mol. The molecule has 3 nitrogen and oxygen atoms in total. The molecule has 0 atom stereocenters. The summed E-state index contributed by atoms with van der Waals surface area (Å²) in [7, 11) is 0. The Bertz CT molecular complexity index is 422. The SMILES string of the molecule is NCC1CCC(NCCOc2ccc(Cl)c(F)c2)CC1. The molecule has 1 saturated carbocycles. The van der Waals surface area contributed by atoms with Gasteiger partial charge in [0, 0.05) is 18.7 Å². The topological polar surface area (TPSA) is 47.3 Å². The number of benzene rings is 1. The van der Waals surface area contributed by atoms with E-state index in [2.05, 4.69) is 5.32 Å². The van der Waals surface area contributed by atoms with E-state index in [0.29, 0.717) is 24.3 Å². The lowest BCUT2D eigenvalue weighted by Gasteiger charge is -2.28. The Labute approximate surface area is 124 Å². The first-order chi connectivity index (χ1) is 9.69. The smallest absolute Gasteiger partial charge is 0.145 e. The van der Waals surface area contributed by atoms with Crippen LogP contribution in [0.1, 0.15) is 25.7 Å². The second-order valence-electron chi connectivity index (χ2n) is 5.33. The maximum atomic E-state index is 13.2. The Kier molecular flexibility index (Phi) is 6.07. The van der Waals surface area contributed by atoms with Crippen LogP contribution in [0.4, 0.5) is 4.39 Å². The zero-order chi connectivity index (χ0) is 14.4. The standard InChI is InChI=1S/C15H22ClFN2O/c16-14-6-5-13(9-15(14)17)20-8-7-19-12-3-1-11(10-18)2-4-12/h5-6,9,11-12,19H,1-4,7-8,10,18H2. The summed E-state index contributed by atoms with van der Waals surface area (Å²) in [5, 5.41) is 3.59. The van der Waals surface area contributed by atoms with Crippen LogP contribution in [0.3, 0.4) is 0 Å². The zero-order valence-corrected chi connectivity index (χ0v) is 12.3. The van der Waals surface area contributed by atoms with Crippen LogP contribution in [0.15, 0.2) is 18.2 Å². The van der Waals surface area contributed by atoms with Crippen molar-refractivity contribution >= 4 is 11.6 Å². The minimum Gasteiger partial charge on any atom is -0.492 e. The fourth-order valence-corrected chi connectivity index (χ4v) is 2.72. The molecule has 1 aromatic rings. The molecule has 0 unspecified atom stereocenters. The van der Waals surface area contributed by atoms with Gasteiger partial charge in [-0.3, -0.25) is 0 Å². The monoisotopic (exact) mass is 300 g/mol.